The maximum absolute atomic E-state index is 12.4. The number of hydrogen-bond donors (Lipinski definition) is 2. The molecule has 0 fully saturated rings. The van der Waals surface area contributed by atoms with Crippen LogP contribution in [0.25, 0.3) is 0 Å². The maximum Gasteiger partial charge on any atom is 0.225 e. The van der Waals surface area contributed by atoms with E-state index in [0.29, 0.717) is 0 Å². The minimum absolute atomic E-state index is 0.0116. The van der Waals surface area contributed by atoms with Crippen LogP contribution in [-0.2, 0) is 11.2 Å². The van der Waals surface area contributed by atoms with E-state index < -0.39 is 0 Å². The molecular weight excluding hydrogens is 248 g/mol. The third kappa shape index (κ3) is 3.33. The van der Waals surface area contributed by atoms with Gasteiger partial charge in [0.2, 0.25) is 5.91 Å². The van der Waals surface area contributed by atoms with Gasteiger partial charge in [-0.2, -0.15) is 0 Å². The molecular formula is C17H26N2O. The van der Waals surface area contributed by atoms with Gasteiger partial charge in [-0.1, -0.05) is 39.0 Å². The second kappa shape index (κ2) is 5.86. The first-order valence-corrected chi connectivity index (χ1v) is 7.55. The Morgan fingerprint density at radius 1 is 1.40 bits per heavy atom. The summed E-state index contributed by atoms with van der Waals surface area (Å²) in [5.41, 5.74) is 2.57. The number of hydrogen-bond acceptors (Lipinski definition) is 2. The number of rotatable bonds is 4. The summed E-state index contributed by atoms with van der Waals surface area (Å²) in [5.74, 6) is 0.179. The lowest BCUT2D eigenvalue weighted by molar-refractivity contribution is -0.125. The summed E-state index contributed by atoms with van der Waals surface area (Å²) in [4.78, 5) is 12.4. The van der Waals surface area contributed by atoms with Gasteiger partial charge in [0.25, 0.3) is 0 Å². The molecule has 2 atom stereocenters. The molecule has 0 aliphatic carbocycles. The molecule has 1 heterocycles. The quantitative estimate of drug-likeness (QED) is 0.885. The van der Waals surface area contributed by atoms with Crippen molar-refractivity contribution in [3.05, 3.63) is 29.8 Å². The van der Waals surface area contributed by atoms with Crippen molar-refractivity contribution in [3.8, 4) is 0 Å². The Balaban J connectivity index is 2.01. The topological polar surface area (TPSA) is 41.1 Å². The third-order valence-corrected chi connectivity index (χ3v) is 4.48. The lowest BCUT2D eigenvalue weighted by Gasteiger charge is -2.32. The third-order valence-electron chi connectivity index (χ3n) is 4.48. The van der Waals surface area contributed by atoms with Gasteiger partial charge < -0.3 is 10.6 Å². The number of para-hydroxylation sites is 1. The van der Waals surface area contributed by atoms with Gasteiger partial charge in [0.15, 0.2) is 0 Å². The molecule has 1 aromatic rings. The summed E-state index contributed by atoms with van der Waals surface area (Å²) >= 11 is 0. The van der Waals surface area contributed by atoms with Gasteiger partial charge in [0.05, 0.1) is 5.92 Å². The van der Waals surface area contributed by atoms with Gasteiger partial charge in [-0.25, -0.2) is 0 Å². The molecule has 2 unspecified atom stereocenters. The first-order valence-electron chi connectivity index (χ1n) is 7.55. The lowest BCUT2D eigenvalue weighted by Crippen LogP contribution is -2.45. The summed E-state index contributed by atoms with van der Waals surface area (Å²) in [7, 11) is 0. The predicted molar refractivity (Wildman–Crippen MR) is 83.8 cm³/mol. The minimum Gasteiger partial charge on any atom is -0.382 e. The summed E-state index contributed by atoms with van der Waals surface area (Å²) in [6.07, 6.45) is 1.89. The number of nitrogens with one attached hydrogen (secondary N) is 2. The molecule has 3 heteroatoms. The highest BCUT2D eigenvalue weighted by Gasteiger charge is 2.30. The zero-order chi connectivity index (χ0) is 14.8. The Hall–Kier alpha value is -1.51. The van der Waals surface area contributed by atoms with Crippen molar-refractivity contribution in [3.63, 3.8) is 0 Å². The highest BCUT2D eigenvalue weighted by Crippen LogP contribution is 2.28. The van der Waals surface area contributed by atoms with Crippen molar-refractivity contribution in [1.82, 2.24) is 5.32 Å². The van der Waals surface area contributed by atoms with Crippen LogP contribution in [0.3, 0.4) is 0 Å². The van der Waals surface area contributed by atoms with Crippen molar-refractivity contribution < 1.29 is 4.79 Å². The molecule has 1 aliphatic heterocycles. The molecule has 3 nitrogen and oxygen atoms in total. The predicted octanol–water partition coefficient (Wildman–Crippen LogP) is 3.21. The van der Waals surface area contributed by atoms with E-state index in [1.165, 1.54) is 5.56 Å². The fourth-order valence-corrected chi connectivity index (χ4v) is 2.50. The van der Waals surface area contributed by atoms with E-state index >= 15 is 0 Å². The molecule has 1 amide bonds. The van der Waals surface area contributed by atoms with Crippen molar-refractivity contribution in [2.45, 2.75) is 46.6 Å². The smallest absolute Gasteiger partial charge is 0.225 e. The van der Waals surface area contributed by atoms with Gasteiger partial charge >= 0.3 is 0 Å². The van der Waals surface area contributed by atoms with Crippen LogP contribution >= 0.6 is 0 Å². The first kappa shape index (κ1) is 14.9. The summed E-state index contributed by atoms with van der Waals surface area (Å²) in [5, 5.41) is 6.57. The van der Waals surface area contributed by atoms with Crippen LogP contribution in [0.4, 0.5) is 5.69 Å². The zero-order valence-corrected chi connectivity index (χ0v) is 13.0. The van der Waals surface area contributed by atoms with Crippen molar-refractivity contribution in [1.29, 1.82) is 0 Å². The van der Waals surface area contributed by atoms with Gasteiger partial charge in [-0.3, -0.25) is 4.79 Å². The second-order valence-electron chi connectivity index (χ2n) is 6.64. The van der Waals surface area contributed by atoms with E-state index in [1.807, 2.05) is 12.1 Å². The fourth-order valence-electron chi connectivity index (χ4n) is 2.50. The number of amides is 1. The van der Waals surface area contributed by atoms with Gasteiger partial charge in [-0.05, 0) is 36.8 Å². The molecule has 0 spiro atoms. The van der Waals surface area contributed by atoms with Crippen LogP contribution < -0.4 is 10.6 Å². The normalized spacial score (nSPS) is 21.8. The summed E-state index contributed by atoms with van der Waals surface area (Å²) in [6, 6.07) is 8.42. The number of fused-ring (bicyclic) bond motifs is 1. The molecule has 2 N–H and O–H groups in total. The van der Waals surface area contributed by atoms with Crippen LogP contribution in [0, 0.1) is 11.3 Å². The minimum atomic E-state index is 0.0116. The van der Waals surface area contributed by atoms with Crippen LogP contribution in [0.15, 0.2) is 24.3 Å². The van der Waals surface area contributed by atoms with Gasteiger partial charge in [0, 0.05) is 18.3 Å². The van der Waals surface area contributed by atoms with E-state index in [2.05, 4.69) is 50.5 Å². The van der Waals surface area contributed by atoms with Crippen LogP contribution in [-0.4, -0.2) is 18.5 Å². The number of benzene rings is 1. The molecule has 0 saturated heterocycles. The maximum atomic E-state index is 12.4. The molecule has 110 valence electrons. The second-order valence-corrected chi connectivity index (χ2v) is 6.64. The van der Waals surface area contributed by atoms with E-state index in [4.69, 9.17) is 0 Å². The number of anilines is 1. The molecule has 0 bridgehead atoms. The Labute approximate surface area is 122 Å². The molecule has 0 aromatic heterocycles. The average molecular weight is 274 g/mol. The van der Waals surface area contributed by atoms with Crippen LogP contribution in [0.1, 0.15) is 39.7 Å². The number of carbonyl (C=O) groups is 1. The molecule has 0 saturated carbocycles. The van der Waals surface area contributed by atoms with Crippen molar-refractivity contribution >= 4 is 11.6 Å². The van der Waals surface area contributed by atoms with E-state index in [0.717, 1.165) is 25.1 Å². The lowest BCUT2D eigenvalue weighted by atomic mass is 9.86. The van der Waals surface area contributed by atoms with Crippen molar-refractivity contribution in [2.24, 2.45) is 11.3 Å². The zero-order valence-electron chi connectivity index (χ0n) is 13.0. The van der Waals surface area contributed by atoms with E-state index in [9.17, 15) is 4.79 Å². The monoisotopic (exact) mass is 274 g/mol. The molecule has 0 radical (unpaired) electrons. The summed E-state index contributed by atoms with van der Waals surface area (Å²) in [6.45, 7) is 9.36. The Kier molecular flexibility index (Phi) is 4.36. The average Bonchev–Trinajstić information content (AvgIpc) is 2.44. The number of carbonyl (C=O) groups excluding carboxylic acids is 1. The highest BCUT2D eigenvalue weighted by atomic mass is 16.1. The highest BCUT2D eigenvalue weighted by molar-refractivity contribution is 5.81. The SMILES string of the molecule is CCC(C)(C)CNC(=O)C1Cc2ccccc2NC1C. The van der Waals surface area contributed by atoms with E-state index in [1.54, 1.807) is 0 Å². The van der Waals surface area contributed by atoms with E-state index in [-0.39, 0.29) is 23.3 Å². The molecule has 2 rings (SSSR count). The van der Waals surface area contributed by atoms with Gasteiger partial charge in [-0.15, -0.1) is 0 Å². The Morgan fingerprint density at radius 3 is 2.80 bits per heavy atom. The molecule has 1 aromatic carbocycles. The molecule has 1 aliphatic rings. The first-order chi connectivity index (χ1) is 9.43. The van der Waals surface area contributed by atoms with Gasteiger partial charge in [0.1, 0.15) is 0 Å². The standard InChI is InChI=1S/C17H26N2O/c1-5-17(3,4)11-18-16(20)14-10-13-8-6-7-9-15(13)19-12(14)2/h6-9,12,14,19H,5,10-11H2,1-4H3,(H,18,20). The van der Waals surface area contributed by atoms with Crippen molar-refractivity contribution in [2.75, 3.05) is 11.9 Å². The summed E-state index contributed by atoms with van der Waals surface area (Å²) < 4.78 is 0. The Morgan fingerprint density at radius 2 is 2.10 bits per heavy atom. The Bertz CT molecular complexity index is 482. The largest absolute Gasteiger partial charge is 0.382 e. The van der Waals surface area contributed by atoms with Crippen LogP contribution in [0.5, 0.6) is 0 Å². The molecule has 20 heavy (non-hydrogen) atoms. The fraction of sp³-hybridized carbons (Fsp3) is 0.588. The van der Waals surface area contributed by atoms with Crippen LogP contribution in [0.2, 0.25) is 0 Å².